The summed E-state index contributed by atoms with van der Waals surface area (Å²) >= 11 is 2.95. The molecule has 0 saturated carbocycles. The lowest BCUT2D eigenvalue weighted by molar-refractivity contribution is -0.0322. The Morgan fingerprint density at radius 2 is 1.50 bits per heavy atom. The molecule has 2 aromatic rings. The molecule has 6 heteroatoms. The Balaban J connectivity index is 2.21. The summed E-state index contributed by atoms with van der Waals surface area (Å²) in [5.41, 5.74) is -2.72. The molecule has 0 amide bonds. The van der Waals surface area contributed by atoms with E-state index in [0.717, 1.165) is 4.47 Å². The topological polar surface area (TPSA) is 17.1 Å². The summed E-state index contributed by atoms with van der Waals surface area (Å²) in [4.78, 5) is 12.1. The lowest BCUT2D eigenvalue weighted by Crippen LogP contribution is -2.05. The molecule has 22 heavy (non-hydrogen) atoms. The van der Waals surface area contributed by atoms with Crippen LogP contribution in [0.1, 0.15) is 21.5 Å². The molecule has 0 bridgehead atoms. The molecule has 0 atom stereocenters. The summed E-state index contributed by atoms with van der Waals surface area (Å²) in [6, 6.07) is 13.5. The highest BCUT2D eigenvalue weighted by molar-refractivity contribution is 9.10. The van der Waals surface area contributed by atoms with Gasteiger partial charge in [-0.1, -0.05) is 52.3 Å². The average Bonchev–Trinajstić information content (AvgIpc) is 2.72. The number of allylic oxidation sites excluding steroid dienone is 1. The van der Waals surface area contributed by atoms with Crippen LogP contribution in [0.3, 0.4) is 0 Å². The minimum Gasteiger partial charge on any atom is -0.288 e. The number of fused-ring (bicyclic) bond motifs is 1. The highest BCUT2D eigenvalue weighted by atomic mass is 79.9. The van der Waals surface area contributed by atoms with Gasteiger partial charge in [0.05, 0.1) is 4.91 Å². The quantitative estimate of drug-likeness (QED) is 0.664. The first kappa shape index (κ1) is 15.4. The number of thioether (sulfide) groups is 1. The van der Waals surface area contributed by atoms with Crippen molar-refractivity contribution >= 4 is 39.0 Å². The van der Waals surface area contributed by atoms with Gasteiger partial charge in [-0.05, 0) is 35.0 Å². The maximum absolute atomic E-state index is 12.8. The van der Waals surface area contributed by atoms with Gasteiger partial charge >= 0.3 is 5.51 Å². The third kappa shape index (κ3) is 2.85. The average molecular weight is 385 g/mol. The van der Waals surface area contributed by atoms with E-state index < -0.39 is 11.3 Å². The van der Waals surface area contributed by atoms with Crippen LogP contribution in [0.5, 0.6) is 0 Å². The number of alkyl halides is 3. The standard InChI is InChI=1S/C16H8BrF3OS/c17-10-7-5-9(6-8-10)13-11-3-1-2-4-12(11)14(21)15(13)22-16(18,19)20/h1-8H. The summed E-state index contributed by atoms with van der Waals surface area (Å²) in [7, 11) is 0. The molecule has 0 saturated heterocycles. The number of hydrogen-bond donors (Lipinski definition) is 0. The van der Waals surface area contributed by atoms with Crippen molar-refractivity contribution in [3.8, 4) is 0 Å². The molecule has 0 N–H and O–H groups in total. The van der Waals surface area contributed by atoms with Crippen LogP contribution in [0.2, 0.25) is 0 Å². The smallest absolute Gasteiger partial charge is 0.288 e. The zero-order valence-corrected chi connectivity index (χ0v) is 13.3. The predicted octanol–water partition coefficient (Wildman–Crippen LogP) is 5.66. The van der Waals surface area contributed by atoms with Gasteiger partial charge in [-0.2, -0.15) is 13.2 Å². The monoisotopic (exact) mass is 384 g/mol. The fraction of sp³-hybridized carbons (Fsp3) is 0.0625. The Hall–Kier alpha value is -1.53. The molecule has 1 aliphatic rings. The van der Waals surface area contributed by atoms with Crippen molar-refractivity contribution < 1.29 is 18.0 Å². The van der Waals surface area contributed by atoms with Crippen molar-refractivity contribution in [1.29, 1.82) is 0 Å². The number of rotatable bonds is 2. The lowest BCUT2D eigenvalue weighted by Gasteiger charge is -2.10. The van der Waals surface area contributed by atoms with Crippen molar-refractivity contribution in [3.63, 3.8) is 0 Å². The number of Topliss-reactive ketones (excluding diaryl/α,β-unsaturated/α-hetero) is 1. The molecule has 0 aromatic heterocycles. The first-order chi connectivity index (χ1) is 10.4. The van der Waals surface area contributed by atoms with E-state index in [1.165, 1.54) is 0 Å². The summed E-state index contributed by atoms with van der Waals surface area (Å²) in [5, 5.41) is 0. The van der Waals surface area contributed by atoms with E-state index in [1.807, 2.05) is 0 Å². The summed E-state index contributed by atoms with van der Waals surface area (Å²) in [6.45, 7) is 0. The molecule has 0 unspecified atom stereocenters. The Labute approximate surface area is 137 Å². The fourth-order valence-corrected chi connectivity index (χ4v) is 3.40. The van der Waals surface area contributed by atoms with Gasteiger partial charge in [0.25, 0.3) is 0 Å². The van der Waals surface area contributed by atoms with E-state index >= 15 is 0 Å². The van der Waals surface area contributed by atoms with Crippen molar-refractivity contribution in [1.82, 2.24) is 0 Å². The zero-order valence-electron chi connectivity index (χ0n) is 10.9. The molecule has 112 valence electrons. The van der Waals surface area contributed by atoms with Gasteiger partial charge in [0, 0.05) is 15.6 Å². The molecule has 0 aliphatic heterocycles. The predicted molar refractivity (Wildman–Crippen MR) is 84.6 cm³/mol. The van der Waals surface area contributed by atoms with Crippen LogP contribution in [0.15, 0.2) is 57.9 Å². The van der Waals surface area contributed by atoms with E-state index in [2.05, 4.69) is 15.9 Å². The van der Waals surface area contributed by atoms with Gasteiger partial charge in [0.15, 0.2) is 0 Å². The van der Waals surface area contributed by atoms with E-state index in [4.69, 9.17) is 0 Å². The van der Waals surface area contributed by atoms with Crippen LogP contribution in [0, 0.1) is 0 Å². The minimum atomic E-state index is -4.51. The van der Waals surface area contributed by atoms with Gasteiger partial charge in [-0.3, -0.25) is 4.79 Å². The minimum absolute atomic E-state index is 0.268. The maximum atomic E-state index is 12.8. The Morgan fingerprint density at radius 3 is 2.09 bits per heavy atom. The fourth-order valence-electron chi connectivity index (χ4n) is 2.37. The zero-order chi connectivity index (χ0) is 15.9. The molecule has 0 radical (unpaired) electrons. The van der Waals surface area contributed by atoms with Gasteiger partial charge in [0.1, 0.15) is 0 Å². The lowest BCUT2D eigenvalue weighted by atomic mass is 9.99. The molecular weight excluding hydrogens is 377 g/mol. The normalized spacial score (nSPS) is 14.5. The number of benzene rings is 2. The van der Waals surface area contributed by atoms with Crippen LogP contribution in [-0.4, -0.2) is 11.3 Å². The number of ketones is 1. The molecule has 1 nitrogen and oxygen atoms in total. The second-order valence-electron chi connectivity index (χ2n) is 4.63. The van der Waals surface area contributed by atoms with Crippen molar-refractivity contribution in [3.05, 3.63) is 74.6 Å². The second kappa shape index (κ2) is 5.59. The number of halogens is 4. The highest BCUT2D eigenvalue weighted by Crippen LogP contribution is 2.47. The molecule has 0 spiro atoms. The molecule has 0 fully saturated rings. The third-order valence-electron chi connectivity index (χ3n) is 3.23. The first-order valence-corrected chi connectivity index (χ1v) is 7.88. The Morgan fingerprint density at radius 1 is 0.909 bits per heavy atom. The summed E-state index contributed by atoms with van der Waals surface area (Å²) < 4.78 is 39.3. The van der Waals surface area contributed by atoms with Crippen molar-refractivity contribution in [2.24, 2.45) is 0 Å². The van der Waals surface area contributed by atoms with Gasteiger partial charge in [0.2, 0.25) is 5.78 Å². The van der Waals surface area contributed by atoms with Crippen molar-refractivity contribution in [2.75, 3.05) is 0 Å². The van der Waals surface area contributed by atoms with E-state index in [0.29, 0.717) is 22.3 Å². The number of carbonyl (C=O) groups excluding carboxylic acids is 1. The maximum Gasteiger partial charge on any atom is 0.446 e. The SMILES string of the molecule is O=C1C(SC(F)(F)F)=C(c2ccc(Br)cc2)c2ccccc21. The molecule has 2 aromatic carbocycles. The van der Waals surface area contributed by atoms with E-state index in [1.54, 1.807) is 48.5 Å². The first-order valence-electron chi connectivity index (χ1n) is 6.27. The van der Waals surface area contributed by atoms with Crippen LogP contribution >= 0.6 is 27.7 Å². The molecule has 0 heterocycles. The van der Waals surface area contributed by atoms with Crippen molar-refractivity contribution in [2.45, 2.75) is 5.51 Å². The van der Waals surface area contributed by atoms with E-state index in [9.17, 15) is 18.0 Å². The number of carbonyl (C=O) groups is 1. The molecule has 3 rings (SSSR count). The van der Waals surface area contributed by atoms with Crippen LogP contribution in [0.4, 0.5) is 13.2 Å². The largest absolute Gasteiger partial charge is 0.446 e. The summed E-state index contributed by atoms with van der Waals surface area (Å²) in [6.07, 6.45) is 0. The molecular formula is C16H8BrF3OS. The summed E-state index contributed by atoms with van der Waals surface area (Å²) in [5.74, 6) is -0.573. The van der Waals surface area contributed by atoms with Crippen LogP contribution < -0.4 is 0 Å². The van der Waals surface area contributed by atoms with E-state index in [-0.39, 0.29) is 16.7 Å². The van der Waals surface area contributed by atoms with Crippen LogP contribution in [0.25, 0.3) is 5.57 Å². The van der Waals surface area contributed by atoms with Gasteiger partial charge < -0.3 is 0 Å². The van der Waals surface area contributed by atoms with Gasteiger partial charge in [-0.15, -0.1) is 0 Å². The number of hydrogen-bond acceptors (Lipinski definition) is 2. The Bertz CT molecular complexity index is 779. The second-order valence-corrected chi connectivity index (χ2v) is 6.62. The van der Waals surface area contributed by atoms with Gasteiger partial charge in [-0.25, -0.2) is 0 Å². The molecule has 1 aliphatic carbocycles. The van der Waals surface area contributed by atoms with Crippen LogP contribution in [-0.2, 0) is 0 Å². The third-order valence-corrected chi connectivity index (χ3v) is 4.58. The highest BCUT2D eigenvalue weighted by Gasteiger charge is 2.39. The Kier molecular flexibility index (Phi) is 3.91.